The summed E-state index contributed by atoms with van der Waals surface area (Å²) in [5, 5.41) is 4.22. The van der Waals surface area contributed by atoms with Gasteiger partial charge in [0, 0.05) is 12.1 Å². The van der Waals surface area contributed by atoms with Gasteiger partial charge in [0.15, 0.2) is 0 Å². The minimum atomic E-state index is 0.515. The van der Waals surface area contributed by atoms with Gasteiger partial charge < -0.3 is 0 Å². The lowest BCUT2D eigenvalue weighted by molar-refractivity contribution is 0.665. The Kier molecular flexibility index (Phi) is 1.31. The first-order valence-electron chi connectivity index (χ1n) is 3.87. The molecule has 1 aliphatic heterocycles. The molecule has 2 rings (SSSR count). The quantitative estimate of drug-likeness (QED) is 0.560. The summed E-state index contributed by atoms with van der Waals surface area (Å²) in [6.07, 6.45) is 5.19. The molecule has 1 aliphatic rings. The van der Waals surface area contributed by atoms with E-state index in [4.69, 9.17) is 0 Å². The Labute approximate surface area is 65.8 Å². The first-order chi connectivity index (χ1) is 5.27. The smallest absolute Gasteiger partial charge is 0.148 e. The molecule has 0 bridgehead atoms. The lowest BCUT2D eigenvalue weighted by Gasteiger charge is -2.11. The number of fused-ring (bicyclic) bond motifs is 1. The van der Waals surface area contributed by atoms with Crippen molar-refractivity contribution < 1.29 is 0 Å². The topological polar surface area (TPSA) is 30.7 Å². The van der Waals surface area contributed by atoms with Crippen LogP contribution < -0.4 is 0 Å². The van der Waals surface area contributed by atoms with Gasteiger partial charge in [0.2, 0.25) is 0 Å². The molecular formula is C8H11N3. The predicted molar refractivity (Wildman–Crippen MR) is 43.1 cm³/mol. The molecule has 3 heteroatoms. The van der Waals surface area contributed by atoms with Crippen LogP contribution in [0.4, 0.5) is 0 Å². The molecule has 0 amide bonds. The van der Waals surface area contributed by atoms with E-state index in [1.165, 1.54) is 0 Å². The Bertz CT molecular complexity index is 298. The molecule has 0 saturated heterocycles. The summed E-state index contributed by atoms with van der Waals surface area (Å²) in [4.78, 5) is 4.33. The minimum Gasteiger partial charge on any atom is -0.225 e. The minimum absolute atomic E-state index is 0.515. The number of nitrogens with zero attached hydrogens (tertiary/aromatic N) is 3. The molecule has 0 aliphatic carbocycles. The summed E-state index contributed by atoms with van der Waals surface area (Å²) in [6, 6.07) is 0. The van der Waals surface area contributed by atoms with Crippen LogP contribution in [0.3, 0.4) is 0 Å². The van der Waals surface area contributed by atoms with Gasteiger partial charge in [0.05, 0.1) is 0 Å². The van der Waals surface area contributed by atoms with Crippen molar-refractivity contribution in [1.29, 1.82) is 0 Å². The molecule has 11 heavy (non-hydrogen) atoms. The van der Waals surface area contributed by atoms with Gasteiger partial charge in [-0.25, -0.2) is 9.67 Å². The van der Waals surface area contributed by atoms with E-state index in [-0.39, 0.29) is 0 Å². The number of aryl methyl sites for hydroxylation is 1. The fourth-order valence-electron chi connectivity index (χ4n) is 1.36. The highest BCUT2D eigenvalue weighted by molar-refractivity contribution is 5.28. The van der Waals surface area contributed by atoms with Crippen LogP contribution in [0, 0.1) is 6.92 Å². The standard InChI is InChI=1S/C8H11N3/c1-6-4-3-5-11-8(6)9-7(2)10-11/h3,5-6H,4H2,1-2H3. The molecule has 0 saturated carbocycles. The first kappa shape index (κ1) is 6.58. The lowest BCUT2D eigenvalue weighted by atomic mass is 10.1. The molecule has 1 aromatic rings. The van der Waals surface area contributed by atoms with Crippen molar-refractivity contribution in [2.24, 2.45) is 0 Å². The van der Waals surface area contributed by atoms with Crippen LogP contribution in [0.5, 0.6) is 0 Å². The molecule has 0 radical (unpaired) electrons. The molecule has 0 fully saturated rings. The maximum absolute atomic E-state index is 4.33. The monoisotopic (exact) mass is 149 g/mol. The van der Waals surface area contributed by atoms with Crippen LogP contribution >= 0.6 is 0 Å². The van der Waals surface area contributed by atoms with Crippen LogP contribution in [0.25, 0.3) is 6.20 Å². The van der Waals surface area contributed by atoms with E-state index in [9.17, 15) is 0 Å². The molecule has 0 N–H and O–H groups in total. The summed E-state index contributed by atoms with van der Waals surface area (Å²) in [7, 11) is 0. The lowest BCUT2D eigenvalue weighted by Crippen LogP contribution is -2.06. The second-order valence-electron chi connectivity index (χ2n) is 2.98. The number of rotatable bonds is 0. The molecule has 2 heterocycles. The average Bonchev–Trinajstić information content (AvgIpc) is 2.31. The maximum atomic E-state index is 4.33. The van der Waals surface area contributed by atoms with Crippen molar-refractivity contribution in [2.45, 2.75) is 26.2 Å². The number of hydrogen-bond acceptors (Lipinski definition) is 2. The van der Waals surface area contributed by atoms with E-state index in [1.54, 1.807) is 0 Å². The van der Waals surface area contributed by atoms with Crippen LogP contribution in [0.15, 0.2) is 6.08 Å². The summed E-state index contributed by atoms with van der Waals surface area (Å²) in [5.41, 5.74) is 0. The van der Waals surface area contributed by atoms with E-state index in [1.807, 2.05) is 17.8 Å². The van der Waals surface area contributed by atoms with Gasteiger partial charge in [-0.1, -0.05) is 13.0 Å². The third-order valence-electron chi connectivity index (χ3n) is 1.94. The van der Waals surface area contributed by atoms with Crippen molar-refractivity contribution >= 4 is 6.20 Å². The molecule has 1 unspecified atom stereocenters. The molecule has 58 valence electrons. The SMILES string of the molecule is Cc1nc2n(n1)C=CCC2C. The molecule has 0 aromatic carbocycles. The molecule has 0 spiro atoms. The van der Waals surface area contributed by atoms with Crippen LogP contribution in [-0.4, -0.2) is 14.8 Å². The molecule has 1 aromatic heterocycles. The Morgan fingerprint density at radius 3 is 3.18 bits per heavy atom. The number of allylic oxidation sites excluding steroid dienone is 1. The third kappa shape index (κ3) is 0.964. The van der Waals surface area contributed by atoms with Gasteiger partial charge in [-0.3, -0.25) is 0 Å². The van der Waals surface area contributed by atoms with Gasteiger partial charge in [0.1, 0.15) is 11.6 Å². The summed E-state index contributed by atoms with van der Waals surface area (Å²) in [5.74, 6) is 2.46. The predicted octanol–water partition coefficient (Wildman–Crippen LogP) is 1.56. The van der Waals surface area contributed by atoms with Crippen LogP contribution in [0.2, 0.25) is 0 Å². The summed E-state index contributed by atoms with van der Waals surface area (Å²) >= 11 is 0. The zero-order valence-electron chi connectivity index (χ0n) is 6.78. The van der Waals surface area contributed by atoms with Crippen molar-refractivity contribution in [2.75, 3.05) is 0 Å². The second-order valence-corrected chi connectivity index (χ2v) is 2.98. The van der Waals surface area contributed by atoms with E-state index in [0.717, 1.165) is 18.1 Å². The number of hydrogen-bond donors (Lipinski definition) is 0. The van der Waals surface area contributed by atoms with Crippen molar-refractivity contribution in [3.63, 3.8) is 0 Å². The van der Waals surface area contributed by atoms with E-state index in [0.29, 0.717) is 5.92 Å². The van der Waals surface area contributed by atoms with E-state index >= 15 is 0 Å². The Morgan fingerprint density at radius 1 is 1.64 bits per heavy atom. The van der Waals surface area contributed by atoms with Crippen LogP contribution in [-0.2, 0) is 0 Å². The summed E-state index contributed by atoms with van der Waals surface area (Å²) in [6.45, 7) is 4.09. The van der Waals surface area contributed by atoms with E-state index < -0.39 is 0 Å². The van der Waals surface area contributed by atoms with E-state index in [2.05, 4.69) is 23.1 Å². The molecule has 3 nitrogen and oxygen atoms in total. The van der Waals surface area contributed by atoms with Crippen molar-refractivity contribution in [3.8, 4) is 0 Å². The molecule has 1 atom stereocenters. The Balaban J connectivity index is 2.53. The molecular weight excluding hydrogens is 138 g/mol. The van der Waals surface area contributed by atoms with Gasteiger partial charge in [-0.15, -0.1) is 0 Å². The Hall–Kier alpha value is -1.12. The maximum Gasteiger partial charge on any atom is 0.148 e. The zero-order chi connectivity index (χ0) is 7.84. The Morgan fingerprint density at radius 2 is 2.45 bits per heavy atom. The van der Waals surface area contributed by atoms with Crippen molar-refractivity contribution in [1.82, 2.24) is 14.8 Å². The van der Waals surface area contributed by atoms with Crippen molar-refractivity contribution in [3.05, 3.63) is 17.7 Å². The largest absolute Gasteiger partial charge is 0.225 e. The van der Waals surface area contributed by atoms with Gasteiger partial charge >= 0.3 is 0 Å². The third-order valence-corrected chi connectivity index (χ3v) is 1.94. The summed E-state index contributed by atoms with van der Waals surface area (Å²) < 4.78 is 1.86. The van der Waals surface area contributed by atoms with Gasteiger partial charge in [-0.2, -0.15) is 5.10 Å². The fraction of sp³-hybridized carbons (Fsp3) is 0.500. The van der Waals surface area contributed by atoms with Gasteiger partial charge in [-0.05, 0) is 13.3 Å². The highest BCUT2D eigenvalue weighted by atomic mass is 15.3. The second kappa shape index (κ2) is 2.19. The fourth-order valence-corrected chi connectivity index (χ4v) is 1.36. The normalized spacial score (nSPS) is 21.8. The highest BCUT2D eigenvalue weighted by Crippen LogP contribution is 2.21. The first-order valence-corrected chi connectivity index (χ1v) is 3.87. The average molecular weight is 149 g/mol. The number of aromatic nitrogens is 3. The van der Waals surface area contributed by atoms with Crippen LogP contribution in [0.1, 0.15) is 30.9 Å². The van der Waals surface area contributed by atoms with Gasteiger partial charge in [0.25, 0.3) is 0 Å². The zero-order valence-corrected chi connectivity index (χ0v) is 6.78. The highest BCUT2D eigenvalue weighted by Gasteiger charge is 2.15.